The summed E-state index contributed by atoms with van der Waals surface area (Å²) >= 11 is 0. The fourth-order valence-corrected chi connectivity index (χ4v) is 1.30. The van der Waals surface area contributed by atoms with Gasteiger partial charge in [0.15, 0.2) is 0 Å². The molecular formula is C9H12N2O. The molecule has 1 heterocycles. The number of hydrogen-bond acceptors (Lipinski definition) is 3. The smallest absolute Gasteiger partial charge is 0.0883 e. The summed E-state index contributed by atoms with van der Waals surface area (Å²) in [5.74, 6) is 0. The molecule has 0 bridgehead atoms. The standard InChI is InChI=1S/C9H12N2O/c10-8-3-1-7(2-4-8)9(11)5-12-6-9/h1-4H,5-6,10-11H2. The molecule has 12 heavy (non-hydrogen) atoms. The fourth-order valence-electron chi connectivity index (χ4n) is 1.30. The number of ether oxygens (including phenoxy) is 1. The number of anilines is 1. The number of benzene rings is 1. The normalized spacial score (nSPS) is 20.1. The van der Waals surface area contributed by atoms with Crippen LogP contribution in [0.1, 0.15) is 5.56 Å². The first-order valence-corrected chi connectivity index (χ1v) is 3.93. The van der Waals surface area contributed by atoms with E-state index in [1.807, 2.05) is 24.3 Å². The molecule has 0 aliphatic carbocycles. The number of hydrogen-bond donors (Lipinski definition) is 2. The highest BCUT2D eigenvalue weighted by atomic mass is 16.5. The monoisotopic (exact) mass is 164 g/mol. The van der Waals surface area contributed by atoms with Crippen LogP contribution in [0.2, 0.25) is 0 Å². The third kappa shape index (κ3) is 1.07. The van der Waals surface area contributed by atoms with Crippen LogP contribution in [0.15, 0.2) is 24.3 Å². The Hall–Kier alpha value is -1.06. The molecule has 0 atom stereocenters. The third-order valence-electron chi connectivity index (χ3n) is 2.20. The van der Waals surface area contributed by atoms with E-state index in [9.17, 15) is 0 Å². The number of nitrogens with two attached hydrogens (primary N) is 2. The van der Waals surface area contributed by atoms with Crippen molar-refractivity contribution in [2.45, 2.75) is 5.54 Å². The van der Waals surface area contributed by atoms with E-state index in [1.165, 1.54) is 0 Å². The van der Waals surface area contributed by atoms with E-state index < -0.39 is 0 Å². The zero-order valence-electron chi connectivity index (χ0n) is 6.79. The molecule has 1 aromatic rings. The topological polar surface area (TPSA) is 61.3 Å². The molecule has 0 unspecified atom stereocenters. The molecule has 3 heteroatoms. The summed E-state index contributed by atoms with van der Waals surface area (Å²) < 4.78 is 5.07. The highest BCUT2D eigenvalue weighted by Crippen LogP contribution is 2.26. The highest BCUT2D eigenvalue weighted by molar-refractivity contribution is 5.41. The summed E-state index contributed by atoms with van der Waals surface area (Å²) in [6, 6.07) is 7.64. The van der Waals surface area contributed by atoms with Crippen molar-refractivity contribution < 1.29 is 4.74 Å². The minimum atomic E-state index is -0.270. The van der Waals surface area contributed by atoms with Gasteiger partial charge in [-0.3, -0.25) is 0 Å². The van der Waals surface area contributed by atoms with Crippen molar-refractivity contribution in [1.29, 1.82) is 0 Å². The van der Waals surface area contributed by atoms with Crippen molar-refractivity contribution in [1.82, 2.24) is 0 Å². The van der Waals surface area contributed by atoms with Crippen LogP contribution in [0.3, 0.4) is 0 Å². The van der Waals surface area contributed by atoms with Gasteiger partial charge in [-0.2, -0.15) is 0 Å². The molecule has 0 saturated carbocycles. The Morgan fingerprint density at radius 3 is 2.17 bits per heavy atom. The summed E-state index contributed by atoms with van der Waals surface area (Å²) in [5.41, 5.74) is 13.2. The second-order valence-corrected chi connectivity index (χ2v) is 3.27. The van der Waals surface area contributed by atoms with E-state index in [0.29, 0.717) is 13.2 Å². The van der Waals surface area contributed by atoms with Gasteiger partial charge in [-0.25, -0.2) is 0 Å². The van der Waals surface area contributed by atoms with Crippen molar-refractivity contribution in [2.24, 2.45) is 5.73 Å². The van der Waals surface area contributed by atoms with Crippen LogP contribution in [0.5, 0.6) is 0 Å². The Morgan fingerprint density at radius 1 is 1.17 bits per heavy atom. The van der Waals surface area contributed by atoms with E-state index in [2.05, 4.69) is 0 Å². The lowest BCUT2D eigenvalue weighted by atomic mass is 9.89. The van der Waals surface area contributed by atoms with Crippen molar-refractivity contribution >= 4 is 5.69 Å². The lowest BCUT2D eigenvalue weighted by Gasteiger charge is -2.38. The van der Waals surface area contributed by atoms with Crippen LogP contribution in [0.25, 0.3) is 0 Å². The quantitative estimate of drug-likeness (QED) is 0.592. The maximum Gasteiger partial charge on any atom is 0.0883 e. The zero-order chi connectivity index (χ0) is 8.60. The van der Waals surface area contributed by atoms with E-state index in [-0.39, 0.29) is 5.54 Å². The molecule has 3 nitrogen and oxygen atoms in total. The number of rotatable bonds is 1. The third-order valence-corrected chi connectivity index (χ3v) is 2.20. The highest BCUT2D eigenvalue weighted by Gasteiger charge is 2.35. The number of nitrogen functional groups attached to an aromatic ring is 1. The second-order valence-electron chi connectivity index (χ2n) is 3.27. The van der Waals surface area contributed by atoms with E-state index in [4.69, 9.17) is 16.2 Å². The molecule has 0 aromatic heterocycles. The average molecular weight is 164 g/mol. The van der Waals surface area contributed by atoms with Gasteiger partial charge in [0.25, 0.3) is 0 Å². The molecular weight excluding hydrogens is 152 g/mol. The average Bonchev–Trinajstić information content (AvgIpc) is 2.02. The Bertz CT molecular complexity index is 277. The molecule has 4 N–H and O–H groups in total. The zero-order valence-corrected chi connectivity index (χ0v) is 6.79. The lowest BCUT2D eigenvalue weighted by molar-refractivity contribution is -0.0569. The van der Waals surface area contributed by atoms with Gasteiger partial charge < -0.3 is 16.2 Å². The molecule has 1 aliphatic heterocycles. The molecule has 0 radical (unpaired) electrons. The first-order valence-electron chi connectivity index (χ1n) is 3.93. The summed E-state index contributed by atoms with van der Waals surface area (Å²) in [4.78, 5) is 0. The minimum absolute atomic E-state index is 0.270. The van der Waals surface area contributed by atoms with Gasteiger partial charge in [-0.05, 0) is 17.7 Å². The first-order chi connectivity index (χ1) is 5.71. The molecule has 0 spiro atoms. The largest absolute Gasteiger partial charge is 0.399 e. The summed E-state index contributed by atoms with van der Waals surface area (Å²) in [7, 11) is 0. The van der Waals surface area contributed by atoms with Crippen LogP contribution in [0, 0.1) is 0 Å². The lowest BCUT2D eigenvalue weighted by Crippen LogP contribution is -2.54. The van der Waals surface area contributed by atoms with Gasteiger partial charge >= 0.3 is 0 Å². The second kappa shape index (κ2) is 2.47. The van der Waals surface area contributed by atoms with E-state index in [0.717, 1.165) is 11.3 Å². The van der Waals surface area contributed by atoms with Crippen LogP contribution in [-0.2, 0) is 10.3 Å². The van der Waals surface area contributed by atoms with Gasteiger partial charge in [0.1, 0.15) is 0 Å². The summed E-state index contributed by atoms with van der Waals surface area (Å²) in [6.07, 6.45) is 0. The maximum absolute atomic E-state index is 6.01. The van der Waals surface area contributed by atoms with E-state index in [1.54, 1.807) is 0 Å². The van der Waals surface area contributed by atoms with Crippen molar-refractivity contribution in [3.63, 3.8) is 0 Å². The van der Waals surface area contributed by atoms with Crippen molar-refractivity contribution in [3.8, 4) is 0 Å². The predicted molar refractivity (Wildman–Crippen MR) is 47.5 cm³/mol. The summed E-state index contributed by atoms with van der Waals surface area (Å²) in [6.45, 7) is 1.22. The SMILES string of the molecule is Nc1ccc(C2(N)COC2)cc1. The molecule has 1 aliphatic rings. The van der Waals surface area contributed by atoms with Crippen LogP contribution >= 0.6 is 0 Å². The molecule has 1 aromatic carbocycles. The Morgan fingerprint density at radius 2 is 1.75 bits per heavy atom. The van der Waals surface area contributed by atoms with Gasteiger partial charge in [0.2, 0.25) is 0 Å². The molecule has 1 saturated heterocycles. The van der Waals surface area contributed by atoms with Crippen molar-refractivity contribution in [2.75, 3.05) is 18.9 Å². The van der Waals surface area contributed by atoms with Gasteiger partial charge in [-0.1, -0.05) is 12.1 Å². The van der Waals surface area contributed by atoms with Crippen LogP contribution < -0.4 is 11.5 Å². The minimum Gasteiger partial charge on any atom is -0.399 e. The van der Waals surface area contributed by atoms with Crippen LogP contribution in [-0.4, -0.2) is 13.2 Å². The first kappa shape index (κ1) is 7.58. The molecule has 64 valence electrons. The predicted octanol–water partition coefficient (Wildman–Crippen LogP) is 0.453. The summed E-state index contributed by atoms with van der Waals surface area (Å²) in [5, 5.41) is 0. The van der Waals surface area contributed by atoms with Crippen LogP contribution in [0.4, 0.5) is 5.69 Å². The van der Waals surface area contributed by atoms with Gasteiger partial charge in [0.05, 0.1) is 18.8 Å². The van der Waals surface area contributed by atoms with Gasteiger partial charge in [-0.15, -0.1) is 0 Å². The molecule has 1 fully saturated rings. The van der Waals surface area contributed by atoms with E-state index >= 15 is 0 Å². The maximum atomic E-state index is 6.01. The molecule has 2 rings (SSSR count). The Balaban J connectivity index is 2.28. The Kier molecular flexibility index (Phi) is 1.56. The Labute approximate surface area is 71.3 Å². The molecule has 0 amide bonds. The van der Waals surface area contributed by atoms with Gasteiger partial charge in [0, 0.05) is 5.69 Å². The fraction of sp³-hybridized carbons (Fsp3) is 0.333. The van der Waals surface area contributed by atoms with Crippen molar-refractivity contribution in [3.05, 3.63) is 29.8 Å².